The lowest BCUT2D eigenvalue weighted by atomic mass is 10.3. The SMILES string of the molecule is COC(=O)CCSc1ccc(S(N)(=O)=O)cc1[N+](=O)[O-]. The van der Waals surface area contributed by atoms with Crippen molar-refractivity contribution in [3.63, 3.8) is 0 Å². The van der Waals surface area contributed by atoms with Gasteiger partial charge in [-0.05, 0) is 12.1 Å². The number of benzene rings is 1. The first-order valence-electron chi connectivity index (χ1n) is 5.26. The number of carbonyl (C=O) groups excluding carboxylic acids is 1. The standard InChI is InChI=1S/C10H12N2O6S2/c1-18-10(13)4-5-19-9-3-2-7(20(11,16)17)6-8(9)12(14)15/h2-3,6H,4-5H2,1H3,(H2,11,16,17). The lowest BCUT2D eigenvalue weighted by molar-refractivity contribution is -0.388. The zero-order valence-electron chi connectivity index (χ0n) is 10.4. The van der Waals surface area contributed by atoms with Gasteiger partial charge in [-0.1, -0.05) is 0 Å². The first kappa shape index (κ1) is 16.4. The van der Waals surface area contributed by atoms with Gasteiger partial charge in [0.05, 0.1) is 28.2 Å². The highest BCUT2D eigenvalue weighted by atomic mass is 32.2. The van der Waals surface area contributed by atoms with Crippen molar-refractivity contribution >= 4 is 33.4 Å². The quantitative estimate of drug-likeness (QED) is 0.356. The zero-order valence-corrected chi connectivity index (χ0v) is 12.1. The Labute approximate surface area is 119 Å². The maximum atomic E-state index is 11.1. The van der Waals surface area contributed by atoms with Crippen LogP contribution in [0.1, 0.15) is 6.42 Å². The van der Waals surface area contributed by atoms with Crippen molar-refractivity contribution in [2.75, 3.05) is 12.9 Å². The van der Waals surface area contributed by atoms with E-state index in [2.05, 4.69) is 4.74 Å². The van der Waals surface area contributed by atoms with Gasteiger partial charge in [-0.25, -0.2) is 13.6 Å². The lowest BCUT2D eigenvalue weighted by Gasteiger charge is -2.04. The third-order valence-corrected chi connectivity index (χ3v) is 4.22. The van der Waals surface area contributed by atoms with Gasteiger partial charge in [0.2, 0.25) is 10.0 Å². The van der Waals surface area contributed by atoms with E-state index in [9.17, 15) is 23.3 Å². The number of primary sulfonamides is 1. The van der Waals surface area contributed by atoms with Crippen LogP contribution in [0, 0.1) is 10.1 Å². The van der Waals surface area contributed by atoms with Gasteiger partial charge in [-0.3, -0.25) is 14.9 Å². The van der Waals surface area contributed by atoms with Crippen molar-refractivity contribution in [3.8, 4) is 0 Å². The molecule has 2 N–H and O–H groups in total. The number of ether oxygens (including phenoxy) is 1. The molecule has 10 heteroatoms. The minimum atomic E-state index is -4.00. The molecule has 1 aromatic rings. The summed E-state index contributed by atoms with van der Waals surface area (Å²) in [7, 11) is -2.75. The van der Waals surface area contributed by atoms with E-state index in [0.717, 1.165) is 17.8 Å². The van der Waals surface area contributed by atoms with Crippen LogP contribution in [-0.4, -0.2) is 32.2 Å². The normalized spacial score (nSPS) is 11.1. The largest absolute Gasteiger partial charge is 0.469 e. The minimum Gasteiger partial charge on any atom is -0.469 e. The second kappa shape index (κ2) is 6.68. The predicted molar refractivity (Wildman–Crippen MR) is 71.8 cm³/mol. The second-order valence-corrected chi connectivity index (χ2v) is 6.30. The first-order chi connectivity index (χ1) is 9.25. The minimum absolute atomic E-state index is 0.0925. The number of nitrogens with zero attached hydrogens (tertiary/aromatic N) is 1. The monoisotopic (exact) mass is 320 g/mol. The highest BCUT2D eigenvalue weighted by Gasteiger charge is 2.19. The third-order valence-electron chi connectivity index (χ3n) is 2.25. The summed E-state index contributed by atoms with van der Waals surface area (Å²) in [6.07, 6.45) is 0.0925. The Balaban J connectivity index is 2.97. The van der Waals surface area contributed by atoms with Crippen LogP contribution >= 0.6 is 11.8 Å². The Bertz CT molecular complexity index is 629. The summed E-state index contributed by atoms with van der Waals surface area (Å²) >= 11 is 1.06. The number of sulfonamides is 1. The summed E-state index contributed by atoms with van der Waals surface area (Å²) in [5.74, 6) is -0.149. The van der Waals surface area contributed by atoms with Crippen molar-refractivity contribution in [2.45, 2.75) is 16.2 Å². The van der Waals surface area contributed by atoms with Crippen molar-refractivity contribution in [1.82, 2.24) is 0 Å². The van der Waals surface area contributed by atoms with Crippen molar-refractivity contribution < 1.29 is 22.9 Å². The molecule has 110 valence electrons. The van der Waals surface area contributed by atoms with Gasteiger partial charge < -0.3 is 4.74 Å². The average Bonchev–Trinajstić information content (AvgIpc) is 2.37. The predicted octanol–water partition coefficient (Wildman–Crippen LogP) is 0.897. The molecule has 1 rings (SSSR count). The maximum Gasteiger partial charge on any atom is 0.306 e. The maximum absolute atomic E-state index is 11.1. The zero-order chi connectivity index (χ0) is 15.3. The Morgan fingerprint density at radius 3 is 2.65 bits per heavy atom. The molecule has 0 amide bonds. The summed E-state index contributed by atoms with van der Waals surface area (Å²) in [6, 6.07) is 3.37. The van der Waals surface area contributed by atoms with Crippen LogP contribution in [0.4, 0.5) is 5.69 Å². The Morgan fingerprint density at radius 2 is 2.15 bits per heavy atom. The molecule has 0 aliphatic heterocycles. The van der Waals surface area contributed by atoms with Crippen molar-refractivity contribution in [3.05, 3.63) is 28.3 Å². The summed E-state index contributed by atoms with van der Waals surface area (Å²) in [6.45, 7) is 0. The van der Waals surface area contributed by atoms with Gasteiger partial charge in [-0.2, -0.15) is 0 Å². The Morgan fingerprint density at radius 1 is 1.50 bits per heavy atom. The topological polar surface area (TPSA) is 130 Å². The molecule has 0 aliphatic carbocycles. The number of carbonyl (C=O) groups is 1. The van der Waals surface area contributed by atoms with Gasteiger partial charge in [0.1, 0.15) is 0 Å². The fraction of sp³-hybridized carbons (Fsp3) is 0.300. The van der Waals surface area contributed by atoms with Crippen molar-refractivity contribution in [1.29, 1.82) is 0 Å². The van der Waals surface area contributed by atoms with E-state index in [0.29, 0.717) is 0 Å². The molecule has 0 bridgehead atoms. The van der Waals surface area contributed by atoms with Gasteiger partial charge in [-0.15, -0.1) is 11.8 Å². The molecular weight excluding hydrogens is 308 g/mol. The Kier molecular flexibility index (Phi) is 5.48. The van der Waals surface area contributed by atoms with Crippen LogP contribution < -0.4 is 5.14 Å². The molecule has 0 saturated carbocycles. The summed E-state index contributed by atoms with van der Waals surface area (Å²) in [5.41, 5.74) is -0.369. The second-order valence-electron chi connectivity index (χ2n) is 3.61. The first-order valence-corrected chi connectivity index (χ1v) is 7.79. The molecule has 0 saturated heterocycles. The van der Waals surface area contributed by atoms with Crippen LogP contribution in [0.5, 0.6) is 0 Å². The number of hydrogen-bond donors (Lipinski definition) is 1. The molecule has 0 radical (unpaired) electrons. The van der Waals surface area contributed by atoms with Crippen LogP contribution in [0.2, 0.25) is 0 Å². The number of rotatable bonds is 6. The van der Waals surface area contributed by atoms with E-state index in [4.69, 9.17) is 5.14 Å². The summed E-state index contributed by atoms with van der Waals surface area (Å²) < 4.78 is 26.7. The number of methoxy groups -OCH3 is 1. The average molecular weight is 320 g/mol. The Hall–Kier alpha value is -1.65. The smallest absolute Gasteiger partial charge is 0.306 e. The molecule has 8 nitrogen and oxygen atoms in total. The molecule has 0 unspecified atom stereocenters. The molecule has 0 aromatic heterocycles. The molecule has 0 spiro atoms. The number of thioether (sulfide) groups is 1. The highest BCUT2D eigenvalue weighted by molar-refractivity contribution is 7.99. The van der Waals surface area contributed by atoms with E-state index in [-0.39, 0.29) is 27.7 Å². The van der Waals surface area contributed by atoms with E-state index < -0.39 is 20.9 Å². The van der Waals surface area contributed by atoms with Crippen LogP contribution in [0.15, 0.2) is 28.0 Å². The number of nitrogens with two attached hydrogens (primary N) is 1. The number of nitro groups is 1. The molecular formula is C10H12N2O6S2. The van der Waals surface area contributed by atoms with Gasteiger partial charge >= 0.3 is 5.97 Å². The van der Waals surface area contributed by atoms with Gasteiger partial charge in [0.15, 0.2) is 0 Å². The van der Waals surface area contributed by atoms with Gasteiger partial charge in [0.25, 0.3) is 5.69 Å². The van der Waals surface area contributed by atoms with Crippen LogP contribution in [-0.2, 0) is 19.6 Å². The third kappa shape index (κ3) is 4.47. The number of esters is 1. The van der Waals surface area contributed by atoms with Crippen molar-refractivity contribution in [2.24, 2.45) is 5.14 Å². The number of nitro benzene ring substituents is 1. The molecule has 0 heterocycles. The lowest BCUT2D eigenvalue weighted by Crippen LogP contribution is -2.12. The molecule has 0 atom stereocenters. The molecule has 0 aliphatic rings. The summed E-state index contributed by atoms with van der Waals surface area (Å²) in [5, 5.41) is 15.8. The van der Waals surface area contributed by atoms with Crippen LogP contribution in [0.25, 0.3) is 0 Å². The fourth-order valence-corrected chi connectivity index (χ4v) is 2.75. The molecule has 20 heavy (non-hydrogen) atoms. The number of hydrogen-bond acceptors (Lipinski definition) is 7. The van der Waals surface area contributed by atoms with E-state index in [1.165, 1.54) is 19.2 Å². The molecule has 1 aromatic carbocycles. The van der Waals surface area contributed by atoms with Crippen LogP contribution in [0.3, 0.4) is 0 Å². The fourth-order valence-electron chi connectivity index (χ4n) is 1.29. The highest BCUT2D eigenvalue weighted by Crippen LogP contribution is 2.31. The van der Waals surface area contributed by atoms with Gasteiger partial charge in [0, 0.05) is 11.8 Å². The van der Waals surface area contributed by atoms with E-state index >= 15 is 0 Å². The molecule has 0 fully saturated rings. The van der Waals surface area contributed by atoms with E-state index in [1.54, 1.807) is 0 Å². The van der Waals surface area contributed by atoms with E-state index in [1.807, 2.05) is 0 Å². The summed E-state index contributed by atoms with van der Waals surface area (Å²) in [4.78, 5) is 21.1.